The Hall–Kier alpha value is -2.10. The lowest BCUT2D eigenvalue weighted by molar-refractivity contribution is 0.415. The van der Waals surface area contributed by atoms with Gasteiger partial charge in [-0.2, -0.15) is 0 Å². The zero-order valence-corrected chi connectivity index (χ0v) is 14.0. The van der Waals surface area contributed by atoms with Crippen LogP contribution in [0.1, 0.15) is 5.76 Å². The molecule has 0 saturated carbocycles. The summed E-state index contributed by atoms with van der Waals surface area (Å²) < 4.78 is 11.0. The Labute approximate surface area is 144 Å². The fourth-order valence-electron chi connectivity index (χ4n) is 2.22. The van der Waals surface area contributed by atoms with E-state index in [1.54, 1.807) is 13.2 Å². The third-order valence-corrected chi connectivity index (χ3v) is 3.80. The molecule has 1 N–H and O–H groups in total. The van der Waals surface area contributed by atoms with Crippen molar-refractivity contribution in [3.8, 4) is 17.1 Å². The van der Waals surface area contributed by atoms with Crippen LogP contribution in [0.3, 0.4) is 0 Å². The van der Waals surface area contributed by atoms with Gasteiger partial charge in [-0.1, -0.05) is 23.2 Å². The van der Waals surface area contributed by atoms with Crippen molar-refractivity contribution in [2.24, 2.45) is 0 Å². The van der Waals surface area contributed by atoms with Gasteiger partial charge in [0, 0.05) is 21.3 Å². The van der Waals surface area contributed by atoms with Crippen LogP contribution >= 0.6 is 23.2 Å². The molecule has 0 amide bonds. The average Bonchev–Trinajstić information content (AvgIpc) is 3.01. The number of furan rings is 1. The highest BCUT2D eigenvalue weighted by Crippen LogP contribution is 2.28. The highest BCUT2D eigenvalue weighted by Gasteiger charge is 2.07. The maximum atomic E-state index is 6.02. The fraction of sp³-hybridized carbons (Fsp3) is 0.111. The summed E-state index contributed by atoms with van der Waals surface area (Å²) in [5, 5.41) is 4.47. The van der Waals surface area contributed by atoms with Gasteiger partial charge >= 0.3 is 0 Å². The summed E-state index contributed by atoms with van der Waals surface area (Å²) >= 11 is 12.0. The van der Waals surface area contributed by atoms with E-state index >= 15 is 0 Å². The van der Waals surface area contributed by atoms with Crippen LogP contribution in [0, 0.1) is 0 Å². The van der Waals surface area contributed by atoms with Crippen molar-refractivity contribution >= 4 is 28.9 Å². The van der Waals surface area contributed by atoms with Crippen LogP contribution in [0.5, 0.6) is 5.75 Å². The number of nitrogens with one attached hydrogen (secondary N) is 1. The molecule has 0 fully saturated rings. The molecule has 1 aromatic heterocycles. The minimum atomic E-state index is 0.584. The van der Waals surface area contributed by atoms with Gasteiger partial charge in [0.2, 0.25) is 0 Å². The third-order valence-electron chi connectivity index (χ3n) is 3.37. The lowest BCUT2D eigenvalue weighted by Crippen LogP contribution is -1.97. The van der Waals surface area contributed by atoms with Crippen molar-refractivity contribution in [2.75, 3.05) is 12.4 Å². The first-order valence-corrected chi connectivity index (χ1v) is 7.83. The van der Waals surface area contributed by atoms with Crippen molar-refractivity contribution in [1.82, 2.24) is 0 Å². The van der Waals surface area contributed by atoms with E-state index in [4.69, 9.17) is 32.4 Å². The maximum Gasteiger partial charge on any atom is 0.134 e. The minimum Gasteiger partial charge on any atom is -0.497 e. The molecule has 3 nitrogen and oxygen atoms in total. The first kappa shape index (κ1) is 15.8. The van der Waals surface area contributed by atoms with Crippen molar-refractivity contribution in [1.29, 1.82) is 0 Å². The van der Waals surface area contributed by atoms with E-state index in [-0.39, 0.29) is 0 Å². The molecule has 0 radical (unpaired) electrons. The smallest absolute Gasteiger partial charge is 0.134 e. The Morgan fingerprint density at radius 3 is 2.30 bits per heavy atom. The lowest BCUT2D eigenvalue weighted by Gasteiger charge is -2.05. The normalized spacial score (nSPS) is 10.6. The molecular formula is C18H15Cl2NO2. The number of hydrogen-bond acceptors (Lipinski definition) is 3. The molecule has 0 atom stereocenters. The van der Waals surface area contributed by atoms with Crippen LogP contribution in [0.25, 0.3) is 11.3 Å². The summed E-state index contributed by atoms with van der Waals surface area (Å²) in [7, 11) is 1.65. The monoisotopic (exact) mass is 347 g/mol. The quantitative estimate of drug-likeness (QED) is 0.626. The molecule has 5 heteroatoms. The molecule has 1 heterocycles. The minimum absolute atomic E-state index is 0.584. The van der Waals surface area contributed by atoms with Crippen molar-refractivity contribution in [2.45, 2.75) is 6.54 Å². The zero-order valence-electron chi connectivity index (χ0n) is 12.5. The fourth-order valence-corrected chi connectivity index (χ4v) is 2.75. The van der Waals surface area contributed by atoms with E-state index in [1.165, 1.54) is 0 Å². The zero-order chi connectivity index (χ0) is 16.2. The van der Waals surface area contributed by atoms with E-state index in [1.807, 2.05) is 48.5 Å². The van der Waals surface area contributed by atoms with Crippen LogP contribution in [0.15, 0.2) is 59.0 Å². The summed E-state index contributed by atoms with van der Waals surface area (Å²) in [5.74, 6) is 2.39. The largest absolute Gasteiger partial charge is 0.497 e. The molecule has 118 valence electrons. The van der Waals surface area contributed by atoms with E-state index in [0.29, 0.717) is 16.6 Å². The molecule has 0 aliphatic rings. The number of ether oxygens (including phenoxy) is 1. The number of halogens is 2. The molecule has 0 aliphatic carbocycles. The molecule has 0 spiro atoms. The second kappa shape index (κ2) is 6.99. The predicted octanol–water partition coefficient (Wildman–Crippen LogP) is 5.87. The van der Waals surface area contributed by atoms with Crippen molar-refractivity contribution < 1.29 is 9.15 Å². The summed E-state index contributed by atoms with van der Waals surface area (Å²) in [5.41, 5.74) is 1.85. The molecule has 0 aliphatic heterocycles. The number of hydrogen-bond donors (Lipinski definition) is 1. The summed E-state index contributed by atoms with van der Waals surface area (Å²) in [6.07, 6.45) is 0. The van der Waals surface area contributed by atoms with Gasteiger partial charge in [-0.3, -0.25) is 0 Å². The van der Waals surface area contributed by atoms with Gasteiger partial charge in [0.15, 0.2) is 0 Å². The van der Waals surface area contributed by atoms with E-state index in [9.17, 15) is 0 Å². The van der Waals surface area contributed by atoms with Crippen LogP contribution < -0.4 is 10.1 Å². The standard InChI is InChI=1S/C18H15Cl2NO2/c1-22-16-4-2-15(3-5-16)21-11-17-6-7-18(23-17)12-8-13(19)10-14(20)9-12/h2-10,21H,11H2,1H3. The van der Waals surface area contributed by atoms with Gasteiger partial charge in [0.1, 0.15) is 17.3 Å². The first-order chi connectivity index (χ1) is 11.1. The van der Waals surface area contributed by atoms with E-state index in [2.05, 4.69) is 5.32 Å². The summed E-state index contributed by atoms with van der Waals surface area (Å²) in [6, 6.07) is 16.9. The van der Waals surface area contributed by atoms with Gasteiger partial charge in [0.25, 0.3) is 0 Å². The average molecular weight is 348 g/mol. The van der Waals surface area contributed by atoms with Gasteiger partial charge in [-0.05, 0) is 54.6 Å². The van der Waals surface area contributed by atoms with E-state index in [0.717, 1.165) is 28.5 Å². The number of methoxy groups -OCH3 is 1. The van der Waals surface area contributed by atoms with Gasteiger partial charge in [0.05, 0.1) is 13.7 Å². The summed E-state index contributed by atoms with van der Waals surface area (Å²) in [6.45, 7) is 0.584. The summed E-state index contributed by atoms with van der Waals surface area (Å²) in [4.78, 5) is 0. The second-order valence-corrected chi connectivity index (χ2v) is 5.88. The highest BCUT2D eigenvalue weighted by atomic mass is 35.5. The van der Waals surface area contributed by atoms with Crippen LogP contribution in [-0.4, -0.2) is 7.11 Å². The Balaban J connectivity index is 1.69. The topological polar surface area (TPSA) is 34.4 Å². The molecular weight excluding hydrogens is 333 g/mol. The van der Waals surface area contributed by atoms with Crippen molar-refractivity contribution in [3.63, 3.8) is 0 Å². The Morgan fingerprint density at radius 1 is 0.957 bits per heavy atom. The Kier molecular flexibility index (Phi) is 4.79. The number of anilines is 1. The highest BCUT2D eigenvalue weighted by molar-refractivity contribution is 6.35. The SMILES string of the molecule is COc1ccc(NCc2ccc(-c3cc(Cl)cc(Cl)c3)o2)cc1. The Morgan fingerprint density at radius 2 is 1.65 bits per heavy atom. The Bertz CT molecular complexity index is 777. The maximum absolute atomic E-state index is 6.02. The molecule has 2 aromatic carbocycles. The third kappa shape index (κ3) is 4.01. The van der Waals surface area contributed by atoms with Crippen molar-refractivity contribution in [3.05, 3.63) is 70.4 Å². The first-order valence-electron chi connectivity index (χ1n) is 7.07. The predicted molar refractivity (Wildman–Crippen MR) is 94.5 cm³/mol. The van der Waals surface area contributed by atoms with Crippen LogP contribution in [-0.2, 0) is 6.54 Å². The molecule has 23 heavy (non-hydrogen) atoms. The second-order valence-electron chi connectivity index (χ2n) is 5.01. The van der Waals surface area contributed by atoms with Gasteiger partial charge < -0.3 is 14.5 Å². The van der Waals surface area contributed by atoms with Gasteiger partial charge in [-0.15, -0.1) is 0 Å². The lowest BCUT2D eigenvalue weighted by atomic mass is 10.2. The number of rotatable bonds is 5. The van der Waals surface area contributed by atoms with E-state index < -0.39 is 0 Å². The molecule has 0 bridgehead atoms. The van der Waals surface area contributed by atoms with Crippen LogP contribution in [0.4, 0.5) is 5.69 Å². The molecule has 0 saturated heterocycles. The number of benzene rings is 2. The molecule has 0 unspecified atom stereocenters. The van der Waals surface area contributed by atoms with Crippen LogP contribution in [0.2, 0.25) is 10.0 Å². The molecule has 3 aromatic rings. The van der Waals surface area contributed by atoms with Gasteiger partial charge in [-0.25, -0.2) is 0 Å². The molecule has 3 rings (SSSR count).